The Morgan fingerprint density at radius 2 is 1.91 bits per heavy atom. The lowest BCUT2D eigenvalue weighted by molar-refractivity contribution is 0.665. The van der Waals surface area contributed by atoms with E-state index in [-0.39, 0.29) is 11.2 Å². The predicted molar refractivity (Wildman–Crippen MR) is 87.8 cm³/mol. The van der Waals surface area contributed by atoms with Crippen LogP contribution in [0.15, 0.2) is 20.0 Å². The molecule has 3 heterocycles. The molecular formula is C13H17N5O2S2. The average molecular weight is 339 g/mol. The molecule has 0 saturated carbocycles. The molecule has 2 aromatic heterocycles. The van der Waals surface area contributed by atoms with E-state index in [0.717, 1.165) is 27.1 Å². The lowest BCUT2D eigenvalue weighted by atomic mass is 10.4. The van der Waals surface area contributed by atoms with Gasteiger partial charge in [-0.05, 0) is 12.8 Å². The second-order valence-electron chi connectivity index (χ2n) is 5.21. The zero-order valence-corrected chi connectivity index (χ0v) is 14.1. The zero-order valence-electron chi connectivity index (χ0n) is 12.5. The first-order chi connectivity index (χ1) is 10.6. The number of hydrogen-bond acceptors (Lipinski definition) is 7. The van der Waals surface area contributed by atoms with Gasteiger partial charge in [-0.15, -0.1) is 10.2 Å². The van der Waals surface area contributed by atoms with Crippen LogP contribution in [-0.2, 0) is 19.8 Å². The van der Waals surface area contributed by atoms with Crippen LogP contribution >= 0.6 is 23.1 Å². The molecule has 118 valence electrons. The van der Waals surface area contributed by atoms with Gasteiger partial charge in [-0.3, -0.25) is 13.9 Å². The van der Waals surface area contributed by atoms with Gasteiger partial charge in [0.15, 0.2) is 4.34 Å². The van der Waals surface area contributed by atoms with E-state index < -0.39 is 0 Å². The van der Waals surface area contributed by atoms with Gasteiger partial charge in [-0.2, -0.15) is 0 Å². The summed E-state index contributed by atoms with van der Waals surface area (Å²) in [7, 11) is 3.15. The van der Waals surface area contributed by atoms with E-state index in [0.29, 0.717) is 11.4 Å². The monoisotopic (exact) mass is 339 g/mol. The van der Waals surface area contributed by atoms with E-state index in [4.69, 9.17) is 0 Å². The number of nitrogens with zero attached hydrogens (tertiary/aromatic N) is 5. The van der Waals surface area contributed by atoms with E-state index in [1.165, 1.54) is 42.3 Å². The van der Waals surface area contributed by atoms with E-state index >= 15 is 0 Å². The van der Waals surface area contributed by atoms with Gasteiger partial charge >= 0.3 is 5.69 Å². The Bertz CT molecular complexity index is 788. The Hall–Kier alpha value is -1.61. The summed E-state index contributed by atoms with van der Waals surface area (Å²) in [5.41, 5.74) is 0.0999. The summed E-state index contributed by atoms with van der Waals surface area (Å²) in [5.74, 6) is 0.524. The summed E-state index contributed by atoms with van der Waals surface area (Å²) >= 11 is 3.06. The Labute approximate surface area is 135 Å². The van der Waals surface area contributed by atoms with Crippen molar-refractivity contribution in [2.24, 2.45) is 14.1 Å². The quantitative estimate of drug-likeness (QED) is 0.768. The SMILES string of the molecule is Cn1c(CSc2nnc(N3CCCC3)s2)cc(=O)n(C)c1=O. The number of aromatic nitrogens is 4. The Kier molecular flexibility index (Phi) is 4.34. The zero-order chi connectivity index (χ0) is 15.7. The fourth-order valence-electron chi connectivity index (χ4n) is 2.35. The second kappa shape index (κ2) is 6.25. The molecule has 0 spiro atoms. The molecule has 1 saturated heterocycles. The molecule has 0 radical (unpaired) electrons. The molecule has 0 N–H and O–H groups in total. The molecule has 1 fully saturated rings. The lowest BCUT2D eigenvalue weighted by Gasteiger charge is -2.11. The third-order valence-corrected chi connectivity index (χ3v) is 5.89. The van der Waals surface area contributed by atoms with Gasteiger partial charge < -0.3 is 4.90 Å². The van der Waals surface area contributed by atoms with Crippen LogP contribution in [0, 0.1) is 0 Å². The third kappa shape index (κ3) is 2.95. The number of thioether (sulfide) groups is 1. The molecule has 22 heavy (non-hydrogen) atoms. The fourth-order valence-corrected chi connectivity index (χ4v) is 4.26. The highest BCUT2D eigenvalue weighted by Crippen LogP contribution is 2.31. The van der Waals surface area contributed by atoms with E-state index in [1.807, 2.05) is 0 Å². The van der Waals surface area contributed by atoms with Crippen molar-refractivity contribution in [1.29, 1.82) is 0 Å². The molecule has 0 atom stereocenters. The van der Waals surface area contributed by atoms with Gasteiger partial charge in [-0.1, -0.05) is 23.1 Å². The van der Waals surface area contributed by atoms with Gasteiger partial charge in [0.05, 0.1) is 0 Å². The lowest BCUT2D eigenvalue weighted by Crippen LogP contribution is -2.37. The molecule has 0 aliphatic carbocycles. The molecule has 3 rings (SSSR count). The van der Waals surface area contributed by atoms with Crippen LogP contribution in [-0.4, -0.2) is 32.4 Å². The molecule has 0 amide bonds. The minimum absolute atomic E-state index is 0.284. The Morgan fingerprint density at radius 1 is 1.18 bits per heavy atom. The largest absolute Gasteiger partial charge is 0.347 e. The highest BCUT2D eigenvalue weighted by Gasteiger charge is 2.17. The molecule has 9 heteroatoms. The number of hydrogen-bond donors (Lipinski definition) is 0. The number of anilines is 1. The van der Waals surface area contributed by atoms with Gasteiger partial charge in [0.1, 0.15) is 0 Å². The van der Waals surface area contributed by atoms with Gasteiger partial charge in [0.25, 0.3) is 5.56 Å². The predicted octanol–water partition coefficient (Wildman–Crippen LogP) is 0.828. The van der Waals surface area contributed by atoms with Crippen molar-refractivity contribution in [2.75, 3.05) is 18.0 Å². The van der Waals surface area contributed by atoms with Crippen LogP contribution in [0.1, 0.15) is 18.5 Å². The van der Waals surface area contributed by atoms with E-state index in [2.05, 4.69) is 15.1 Å². The van der Waals surface area contributed by atoms with Crippen LogP contribution in [0.2, 0.25) is 0 Å². The van der Waals surface area contributed by atoms with Crippen molar-refractivity contribution < 1.29 is 0 Å². The number of rotatable bonds is 4. The standard InChI is InChI=1S/C13H17N5O2S2/c1-16-9(7-10(19)17(2)13(16)20)8-21-12-15-14-11(22-12)18-5-3-4-6-18/h7H,3-6,8H2,1-2H3. The Balaban J connectivity index is 1.73. The first-order valence-electron chi connectivity index (χ1n) is 7.03. The highest BCUT2D eigenvalue weighted by atomic mass is 32.2. The molecule has 2 aromatic rings. The molecule has 1 aliphatic rings. The molecule has 0 aromatic carbocycles. The first-order valence-corrected chi connectivity index (χ1v) is 8.83. The van der Waals surface area contributed by atoms with Crippen molar-refractivity contribution in [3.63, 3.8) is 0 Å². The smallest absolute Gasteiger partial charge is 0.330 e. The van der Waals surface area contributed by atoms with Crippen molar-refractivity contribution in [2.45, 2.75) is 22.9 Å². The normalized spacial score (nSPS) is 14.7. The average Bonchev–Trinajstić information content (AvgIpc) is 3.18. The molecule has 0 bridgehead atoms. The van der Waals surface area contributed by atoms with E-state index in [9.17, 15) is 9.59 Å². The Morgan fingerprint density at radius 3 is 2.64 bits per heavy atom. The maximum atomic E-state index is 11.9. The second-order valence-corrected chi connectivity index (χ2v) is 7.39. The fraction of sp³-hybridized carbons (Fsp3) is 0.538. The van der Waals surface area contributed by atoms with E-state index in [1.54, 1.807) is 18.4 Å². The minimum Gasteiger partial charge on any atom is -0.347 e. The van der Waals surface area contributed by atoms with Crippen LogP contribution in [0.5, 0.6) is 0 Å². The van der Waals surface area contributed by atoms with Crippen molar-refractivity contribution in [1.82, 2.24) is 19.3 Å². The van der Waals surface area contributed by atoms with Crippen LogP contribution < -0.4 is 16.1 Å². The maximum Gasteiger partial charge on any atom is 0.330 e. The molecule has 0 unspecified atom stereocenters. The van der Waals surface area contributed by atoms with Gasteiger partial charge in [0, 0.05) is 44.7 Å². The van der Waals surface area contributed by atoms with Crippen molar-refractivity contribution in [3.05, 3.63) is 32.6 Å². The molecular weight excluding hydrogens is 322 g/mol. The summed E-state index contributed by atoms with van der Waals surface area (Å²) < 4.78 is 3.46. The first kappa shape index (κ1) is 15.3. The summed E-state index contributed by atoms with van der Waals surface area (Å²) in [6.07, 6.45) is 2.41. The van der Waals surface area contributed by atoms with Gasteiger partial charge in [0.2, 0.25) is 5.13 Å². The molecule has 7 nitrogen and oxygen atoms in total. The molecule has 1 aliphatic heterocycles. The van der Waals surface area contributed by atoms with Crippen molar-refractivity contribution in [3.8, 4) is 0 Å². The van der Waals surface area contributed by atoms with Crippen LogP contribution in [0.25, 0.3) is 0 Å². The van der Waals surface area contributed by atoms with Crippen LogP contribution in [0.4, 0.5) is 5.13 Å². The summed E-state index contributed by atoms with van der Waals surface area (Å²) in [6.45, 7) is 2.09. The summed E-state index contributed by atoms with van der Waals surface area (Å²) in [6, 6.07) is 1.50. The summed E-state index contributed by atoms with van der Waals surface area (Å²) in [5, 5.41) is 9.36. The topological polar surface area (TPSA) is 73.0 Å². The third-order valence-electron chi connectivity index (χ3n) is 3.74. The van der Waals surface area contributed by atoms with Gasteiger partial charge in [-0.25, -0.2) is 4.79 Å². The summed E-state index contributed by atoms with van der Waals surface area (Å²) in [4.78, 5) is 25.8. The minimum atomic E-state index is -0.307. The highest BCUT2D eigenvalue weighted by molar-refractivity contribution is 8.00. The van der Waals surface area contributed by atoms with Crippen LogP contribution in [0.3, 0.4) is 0 Å². The van der Waals surface area contributed by atoms with Crippen molar-refractivity contribution >= 4 is 28.2 Å². The maximum absolute atomic E-state index is 11.9.